The molecule has 0 N–H and O–H groups in total. The van der Waals surface area contributed by atoms with Gasteiger partial charge in [-0.2, -0.15) is 0 Å². The van der Waals surface area contributed by atoms with Crippen LogP contribution in [-0.2, 0) is 4.79 Å². The Morgan fingerprint density at radius 1 is 0.731 bits per heavy atom. The fourth-order valence-electron chi connectivity index (χ4n) is 3.57. The molecule has 0 bridgehead atoms. The number of benzene rings is 2. The number of rotatable bonds is 2. The normalized spacial score (nSPS) is 15.3. The quantitative estimate of drug-likeness (QED) is 0.661. The van der Waals surface area contributed by atoms with Crippen LogP contribution in [0.3, 0.4) is 0 Å². The standard InChI is InChI=1S/C22H15BN2O/c26-22-21(17-11-5-2-6-12-17)20(16-9-3-1-4-10-16)19-15-18-13-7-8-14-24(18)23-25(19)22/h1-15H/q+1. The van der Waals surface area contributed by atoms with Crippen LogP contribution in [0.25, 0.3) is 17.2 Å². The maximum Gasteiger partial charge on any atom is 0.702 e. The van der Waals surface area contributed by atoms with Crippen LogP contribution >= 0.6 is 0 Å². The lowest BCUT2D eigenvalue weighted by molar-refractivity contribution is -0.538. The van der Waals surface area contributed by atoms with Crippen molar-refractivity contribution in [1.29, 1.82) is 0 Å². The maximum absolute atomic E-state index is 13.3. The zero-order valence-corrected chi connectivity index (χ0v) is 14.0. The number of pyridine rings is 1. The predicted octanol–water partition coefficient (Wildman–Crippen LogP) is 3.16. The first kappa shape index (κ1) is 14.9. The summed E-state index contributed by atoms with van der Waals surface area (Å²) in [7, 11) is 1.87. The molecule has 0 aliphatic carbocycles. The van der Waals surface area contributed by atoms with Gasteiger partial charge in [0.05, 0.1) is 11.3 Å². The van der Waals surface area contributed by atoms with Crippen molar-refractivity contribution < 1.29 is 9.27 Å². The molecular weight excluding hydrogens is 319 g/mol. The topological polar surface area (TPSA) is 24.2 Å². The van der Waals surface area contributed by atoms with Crippen LogP contribution in [0.15, 0.2) is 90.8 Å². The number of hydrogen-bond acceptors (Lipinski definition) is 1. The van der Waals surface area contributed by atoms with Gasteiger partial charge in [0.25, 0.3) is 5.91 Å². The molecule has 4 heteroatoms. The van der Waals surface area contributed by atoms with E-state index in [0.717, 1.165) is 33.7 Å². The van der Waals surface area contributed by atoms with Gasteiger partial charge >= 0.3 is 7.55 Å². The number of carbonyl (C=O) groups excluding carboxylic acids is 1. The van der Waals surface area contributed by atoms with Gasteiger partial charge in [0.2, 0.25) is 0 Å². The number of fused-ring (bicyclic) bond motifs is 2. The Morgan fingerprint density at radius 2 is 1.35 bits per heavy atom. The summed E-state index contributed by atoms with van der Waals surface area (Å²) in [5, 5.41) is 0. The van der Waals surface area contributed by atoms with Crippen LogP contribution < -0.4 is 4.48 Å². The molecule has 3 nitrogen and oxygen atoms in total. The summed E-state index contributed by atoms with van der Waals surface area (Å²) in [6, 6.07) is 26.0. The molecule has 0 spiro atoms. The van der Waals surface area contributed by atoms with Crippen molar-refractivity contribution in [3.63, 3.8) is 0 Å². The van der Waals surface area contributed by atoms with Crippen LogP contribution in [0, 0.1) is 0 Å². The Morgan fingerprint density at radius 3 is 2.04 bits per heavy atom. The van der Waals surface area contributed by atoms with Crippen LogP contribution in [0.2, 0.25) is 0 Å². The molecular formula is C22H15BN2O+. The Kier molecular flexibility index (Phi) is 3.35. The second-order valence-corrected chi connectivity index (χ2v) is 6.34. The summed E-state index contributed by atoms with van der Waals surface area (Å²) in [5.74, 6) is 0.00306. The van der Waals surface area contributed by atoms with Crippen molar-refractivity contribution in [3.8, 4) is 0 Å². The third-order valence-corrected chi connectivity index (χ3v) is 4.77. The second kappa shape index (κ2) is 5.85. The first-order valence-electron chi connectivity index (χ1n) is 8.59. The average Bonchev–Trinajstić information content (AvgIpc) is 2.99. The first-order chi connectivity index (χ1) is 12.8. The minimum absolute atomic E-state index is 0.00306. The maximum atomic E-state index is 13.3. The molecule has 2 aliphatic rings. The number of aromatic nitrogens is 1. The Balaban J connectivity index is 1.79. The Hall–Kier alpha value is -3.40. The number of carbonyl (C=O) groups is 1. The van der Waals surface area contributed by atoms with Crippen molar-refractivity contribution >= 4 is 30.7 Å². The van der Waals surface area contributed by atoms with Crippen LogP contribution in [-0.4, -0.2) is 18.3 Å². The molecule has 3 heterocycles. The number of amides is 1. The van der Waals surface area contributed by atoms with Gasteiger partial charge in [0.15, 0.2) is 5.69 Å². The molecule has 0 saturated heterocycles. The SMILES string of the molecule is O=C1C(c2ccccc2)=C(c2ccccc2)C2=Cc3cccc[n+]3[B]N12. The summed E-state index contributed by atoms with van der Waals surface area (Å²) in [6.07, 6.45) is 4.04. The van der Waals surface area contributed by atoms with Crippen LogP contribution in [0.4, 0.5) is 0 Å². The zero-order valence-electron chi connectivity index (χ0n) is 14.0. The molecule has 1 radical (unpaired) electrons. The molecule has 2 aliphatic heterocycles. The van der Waals surface area contributed by atoms with Gasteiger partial charge in [0.1, 0.15) is 6.20 Å². The third-order valence-electron chi connectivity index (χ3n) is 4.77. The summed E-state index contributed by atoms with van der Waals surface area (Å²) < 4.78 is 1.97. The number of nitrogens with zero attached hydrogens (tertiary/aromatic N) is 2. The van der Waals surface area contributed by atoms with Gasteiger partial charge in [-0.05, 0) is 23.3 Å². The van der Waals surface area contributed by atoms with Crippen molar-refractivity contribution in [2.75, 3.05) is 0 Å². The van der Waals surface area contributed by atoms with Gasteiger partial charge < -0.3 is 0 Å². The molecule has 0 unspecified atom stereocenters. The molecule has 1 amide bonds. The molecule has 26 heavy (non-hydrogen) atoms. The van der Waals surface area contributed by atoms with Crippen LogP contribution in [0.5, 0.6) is 0 Å². The first-order valence-corrected chi connectivity index (χ1v) is 8.59. The van der Waals surface area contributed by atoms with Gasteiger partial charge in [-0.1, -0.05) is 60.7 Å². The number of hydrogen-bond donors (Lipinski definition) is 0. The highest BCUT2D eigenvalue weighted by Gasteiger charge is 2.44. The van der Waals surface area contributed by atoms with E-state index in [1.54, 1.807) is 4.81 Å². The van der Waals surface area contributed by atoms with E-state index >= 15 is 0 Å². The minimum Gasteiger partial charge on any atom is -0.284 e. The van der Waals surface area contributed by atoms with E-state index in [4.69, 9.17) is 0 Å². The highest BCUT2D eigenvalue weighted by molar-refractivity contribution is 6.45. The van der Waals surface area contributed by atoms with E-state index in [1.165, 1.54) is 0 Å². The lowest BCUT2D eigenvalue weighted by atomic mass is 9.93. The van der Waals surface area contributed by atoms with E-state index in [1.807, 2.05) is 78.9 Å². The lowest BCUT2D eigenvalue weighted by Gasteiger charge is -2.18. The molecule has 0 atom stereocenters. The smallest absolute Gasteiger partial charge is 0.284 e. The van der Waals surface area contributed by atoms with Crippen molar-refractivity contribution in [1.82, 2.24) is 4.81 Å². The molecule has 3 aromatic rings. The Bertz CT molecular complexity index is 1070. The lowest BCUT2D eigenvalue weighted by Crippen LogP contribution is -2.55. The van der Waals surface area contributed by atoms with Gasteiger partial charge in [-0.25, -0.2) is 0 Å². The van der Waals surface area contributed by atoms with E-state index in [-0.39, 0.29) is 5.91 Å². The van der Waals surface area contributed by atoms with Crippen LogP contribution in [0.1, 0.15) is 16.8 Å². The van der Waals surface area contributed by atoms with Gasteiger partial charge in [0, 0.05) is 17.7 Å². The molecule has 121 valence electrons. The second-order valence-electron chi connectivity index (χ2n) is 6.34. The zero-order chi connectivity index (χ0) is 17.5. The molecule has 0 fully saturated rings. The monoisotopic (exact) mass is 334 g/mol. The van der Waals surface area contributed by atoms with Crippen molar-refractivity contribution in [2.45, 2.75) is 0 Å². The largest absolute Gasteiger partial charge is 0.702 e. The molecule has 0 saturated carbocycles. The summed E-state index contributed by atoms with van der Waals surface area (Å²) in [4.78, 5) is 15.1. The van der Waals surface area contributed by atoms with Gasteiger partial charge in [-0.15, -0.1) is 0 Å². The van der Waals surface area contributed by atoms with E-state index in [2.05, 4.69) is 24.3 Å². The minimum atomic E-state index is 0.00306. The van der Waals surface area contributed by atoms with Crippen molar-refractivity contribution in [3.05, 3.63) is 108 Å². The number of allylic oxidation sites excluding steroid dienone is 1. The molecule has 1 aromatic heterocycles. The fraction of sp³-hybridized carbons (Fsp3) is 0. The highest BCUT2D eigenvalue weighted by Crippen LogP contribution is 2.42. The Labute approximate surface area is 152 Å². The van der Waals surface area contributed by atoms with Crippen molar-refractivity contribution in [2.24, 2.45) is 0 Å². The molecule has 5 rings (SSSR count). The van der Waals surface area contributed by atoms with E-state index in [9.17, 15) is 4.79 Å². The highest BCUT2D eigenvalue weighted by atomic mass is 16.2. The summed E-state index contributed by atoms with van der Waals surface area (Å²) in [6.45, 7) is 0. The average molecular weight is 334 g/mol. The summed E-state index contributed by atoms with van der Waals surface area (Å²) >= 11 is 0. The van der Waals surface area contributed by atoms with Gasteiger partial charge in [-0.3, -0.25) is 14.1 Å². The third kappa shape index (κ3) is 2.23. The van der Waals surface area contributed by atoms with E-state index < -0.39 is 0 Å². The van der Waals surface area contributed by atoms with E-state index in [0.29, 0.717) is 0 Å². The fourth-order valence-corrected chi connectivity index (χ4v) is 3.57. The predicted molar refractivity (Wildman–Crippen MR) is 102 cm³/mol. The summed E-state index contributed by atoms with van der Waals surface area (Å²) in [5.41, 5.74) is 5.68. The molecule has 2 aromatic carbocycles.